The minimum Gasteiger partial charge on any atom is -0.503 e. The minimum absolute atomic E-state index is 0.0621. The van der Waals surface area contributed by atoms with Gasteiger partial charge in [0.2, 0.25) is 5.43 Å². The van der Waals surface area contributed by atoms with Gasteiger partial charge in [-0.3, -0.25) is 14.4 Å². The van der Waals surface area contributed by atoms with Crippen molar-refractivity contribution in [2.75, 3.05) is 13.2 Å². The molecule has 1 aromatic heterocycles. The fourth-order valence-electron chi connectivity index (χ4n) is 5.33. The van der Waals surface area contributed by atoms with Gasteiger partial charge in [0, 0.05) is 24.2 Å². The molecule has 11 heteroatoms. The van der Waals surface area contributed by atoms with Crippen LogP contribution in [0.5, 0.6) is 5.75 Å². The van der Waals surface area contributed by atoms with Gasteiger partial charge in [0.05, 0.1) is 31.3 Å². The van der Waals surface area contributed by atoms with E-state index in [2.05, 4.69) is 11.9 Å². The van der Waals surface area contributed by atoms with Crippen LogP contribution in [0.25, 0.3) is 0 Å². The molecule has 0 bridgehead atoms. The minimum atomic E-state index is -1.02. The predicted molar refractivity (Wildman–Crippen MR) is 121 cm³/mol. The zero-order valence-electron chi connectivity index (χ0n) is 18.5. The fraction of sp³-hybridized carbons (Fsp3) is 0.375. The normalized spacial score (nSPS) is 25.0. The molecule has 2 N–H and O–H groups in total. The lowest BCUT2D eigenvalue weighted by Crippen LogP contribution is -2.53. The average Bonchev–Trinajstić information content (AvgIpc) is 3.17. The second-order valence-electron chi connectivity index (χ2n) is 8.95. The lowest BCUT2D eigenvalue weighted by molar-refractivity contribution is 0.0483. The molecule has 0 radical (unpaired) electrons. The first-order chi connectivity index (χ1) is 16.7. The Labute approximate surface area is 203 Å². The molecule has 3 heterocycles. The van der Waals surface area contributed by atoms with Gasteiger partial charge in [0.1, 0.15) is 22.2 Å². The van der Waals surface area contributed by atoms with Crippen LogP contribution >= 0.6 is 11.6 Å². The number of amides is 2. The molecule has 1 saturated carbocycles. The molecule has 2 fully saturated rings. The number of aromatic nitrogens is 1. The smallest absolute Gasteiger partial charge is 0.274 e. The number of hydrogen-bond donors (Lipinski definition) is 2. The van der Waals surface area contributed by atoms with Crippen molar-refractivity contribution < 1.29 is 28.2 Å². The summed E-state index contributed by atoms with van der Waals surface area (Å²) in [6.07, 6.45) is 3.96. The Balaban J connectivity index is 1.49. The van der Waals surface area contributed by atoms with Crippen LogP contribution in [-0.2, 0) is 11.3 Å². The predicted octanol–water partition coefficient (Wildman–Crippen LogP) is 2.78. The molecule has 184 valence electrons. The maximum Gasteiger partial charge on any atom is 0.274 e. The highest BCUT2D eigenvalue weighted by molar-refractivity contribution is 6.30. The number of nitrogens with zero attached hydrogens (tertiary/aromatic N) is 2. The van der Waals surface area contributed by atoms with E-state index >= 15 is 0 Å². The summed E-state index contributed by atoms with van der Waals surface area (Å²) in [7, 11) is 0. The summed E-state index contributed by atoms with van der Waals surface area (Å²) < 4.78 is 35.0. The molecule has 2 amide bonds. The number of fused-ring (bicyclic) bond motifs is 2. The van der Waals surface area contributed by atoms with Gasteiger partial charge < -0.3 is 24.6 Å². The zero-order valence-corrected chi connectivity index (χ0v) is 19.2. The largest absolute Gasteiger partial charge is 0.503 e. The first kappa shape index (κ1) is 23.5. The van der Waals surface area contributed by atoms with Crippen LogP contribution in [0.15, 0.2) is 35.8 Å². The highest BCUT2D eigenvalue weighted by Crippen LogP contribution is 2.45. The first-order valence-corrected chi connectivity index (χ1v) is 11.5. The molecular weight excluding hydrogens is 484 g/mol. The monoisotopic (exact) mass is 505 g/mol. The van der Waals surface area contributed by atoms with Crippen molar-refractivity contribution in [3.63, 3.8) is 0 Å². The number of ether oxygens (including phenoxy) is 1. The summed E-state index contributed by atoms with van der Waals surface area (Å²) >= 11 is 5.58. The standard InChI is InChI=1S/C24H22ClF2N3O5/c1-2-13-8-30-19-12(10-35-13)4-6-16(19)29-9-14(21(31)22(32)20(29)24(30)34)23(33)28-7-11-3-5-15(26)17(25)18(11)27/h2-3,5,9,12-13,16,19,32H,1,4,6-8,10H2,(H,28,33)/t12?,13-,16+,19?/m0/s1. The van der Waals surface area contributed by atoms with Crippen LogP contribution in [0.1, 0.15) is 45.3 Å². The van der Waals surface area contributed by atoms with Crippen molar-refractivity contribution >= 4 is 23.4 Å². The number of benzene rings is 1. The van der Waals surface area contributed by atoms with Gasteiger partial charge in [0.25, 0.3) is 11.8 Å². The van der Waals surface area contributed by atoms with E-state index in [0.717, 1.165) is 18.6 Å². The molecule has 3 aliphatic rings. The highest BCUT2D eigenvalue weighted by Gasteiger charge is 2.50. The number of carbonyl (C=O) groups is 2. The number of nitrogens with one attached hydrogen (secondary N) is 1. The van der Waals surface area contributed by atoms with E-state index < -0.39 is 45.2 Å². The summed E-state index contributed by atoms with van der Waals surface area (Å²) in [5.74, 6) is -4.10. The third-order valence-electron chi connectivity index (χ3n) is 7.06. The summed E-state index contributed by atoms with van der Waals surface area (Å²) in [5, 5.41) is 12.4. The first-order valence-electron chi connectivity index (χ1n) is 11.2. The third-order valence-corrected chi connectivity index (χ3v) is 7.41. The maximum atomic E-state index is 14.2. The number of hydrogen-bond acceptors (Lipinski definition) is 5. The quantitative estimate of drug-likeness (QED) is 0.491. The van der Waals surface area contributed by atoms with Gasteiger partial charge in [-0.1, -0.05) is 23.7 Å². The van der Waals surface area contributed by atoms with Crippen molar-refractivity contribution in [3.05, 3.63) is 74.7 Å². The topological polar surface area (TPSA) is 101 Å². The lowest BCUT2D eigenvalue weighted by Gasteiger charge is -2.41. The van der Waals surface area contributed by atoms with E-state index in [1.807, 2.05) is 0 Å². The molecule has 2 unspecified atom stereocenters. The molecule has 4 atom stereocenters. The Bertz CT molecular complexity index is 1310. The number of rotatable bonds is 4. The van der Waals surface area contributed by atoms with Crippen molar-refractivity contribution in [2.45, 2.75) is 37.6 Å². The molecule has 2 aliphatic heterocycles. The van der Waals surface area contributed by atoms with Gasteiger partial charge in [-0.25, -0.2) is 8.78 Å². The van der Waals surface area contributed by atoms with E-state index in [-0.39, 0.29) is 48.5 Å². The Morgan fingerprint density at radius 2 is 2.09 bits per heavy atom. The van der Waals surface area contributed by atoms with Crippen molar-refractivity contribution in [3.8, 4) is 5.75 Å². The SMILES string of the molecule is C=C[C@H]1CN2C(=O)c3c(O)c(=O)c(C(=O)NCc4ccc(F)c(Cl)c4F)cn3[C@@H]3CCC(CO1)C32. The third kappa shape index (κ3) is 3.71. The molecule has 0 spiro atoms. The zero-order chi connectivity index (χ0) is 25.0. The van der Waals surface area contributed by atoms with Crippen LogP contribution in [0, 0.1) is 17.6 Å². The Morgan fingerprint density at radius 3 is 2.83 bits per heavy atom. The van der Waals surface area contributed by atoms with Crippen LogP contribution in [-0.4, -0.2) is 51.7 Å². The van der Waals surface area contributed by atoms with Gasteiger partial charge >= 0.3 is 0 Å². The molecule has 2 aromatic rings. The summed E-state index contributed by atoms with van der Waals surface area (Å²) in [4.78, 5) is 40.7. The van der Waals surface area contributed by atoms with Crippen LogP contribution in [0.2, 0.25) is 5.02 Å². The van der Waals surface area contributed by atoms with Gasteiger partial charge in [-0.05, 0) is 18.9 Å². The Morgan fingerprint density at radius 1 is 1.31 bits per heavy atom. The van der Waals surface area contributed by atoms with Gasteiger partial charge in [-0.15, -0.1) is 6.58 Å². The number of pyridine rings is 1. The molecule has 35 heavy (non-hydrogen) atoms. The van der Waals surface area contributed by atoms with Crippen molar-refractivity contribution in [1.82, 2.24) is 14.8 Å². The second-order valence-corrected chi connectivity index (χ2v) is 9.33. The number of aromatic hydroxyl groups is 1. The molecule has 1 aliphatic carbocycles. The second kappa shape index (κ2) is 8.76. The van der Waals surface area contributed by atoms with Crippen molar-refractivity contribution in [1.29, 1.82) is 0 Å². The van der Waals surface area contributed by atoms with Crippen molar-refractivity contribution in [2.24, 2.45) is 5.92 Å². The average molecular weight is 506 g/mol. The summed E-state index contributed by atoms with van der Waals surface area (Å²) in [6, 6.07) is 1.62. The van der Waals surface area contributed by atoms with E-state index in [1.165, 1.54) is 10.8 Å². The lowest BCUT2D eigenvalue weighted by atomic mass is 9.96. The van der Waals surface area contributed by atoms with E-state index in [1.54, 1.807) is 11.0 Å². The molecule has 1 aromatic carbocycles. The molecular formula is C24H22ClF2N3O5. The van der Waals surface area contributed by atoms with Crippen LogP contribution in [0.4, 0.5) is 8.78 Å². The van der Waals surface area contributed by atoms with E-state index in [0.29, 0.717) is 13.0 Å². The Kier molecular flexibility index (Phi) is 5.88. The van der Waals surface area contributed by atoms with Gasteiger partial charge in [0.15, 0.2) is 11.4 Å². The highest BCUT2D eigenvalue weighted by atomic mass is 35.5. The Hall–Kier alpha value is -3.24. The molecule has 5 rings (SSSR count). The summed E-state index contributed by atoms with van der Waals surface area (Å²) in [5.41, 5.74) is -1.65. The van der Waals surface area contributed by atoms with E-state index in [9.17, 15) is 28.3 Å². The number of halogens is 3. The van der Waals surface area contributed by atoms with Crippen LogP contribution in [0.3, 0.4) is 0 Å². The molecule has 1 saturated heterocycles. The fourth-order valence-corrected chi connectivity index (χ4v) is 5.51. The maximum absolute atomic E-state index is 14.2. The molecule has 8 nitrogen and oxygen atoms in total. The van der Waals surface area contributed by atoms with Gasteiger partial charge in [-0.2, -0.15) is 0 Å². The summed E-state index contributed by atoms with van der Waals surface area (Å²) in [6.45, 7) is 4.08. The van der Waals surface area contributed by atoms with E-state index in [4.69, 9.17) is 16.3 Å². The number of carbonyl (C=O) groups excluding carboxylic acids is 2. The van der Waals surface area contributed by atoms with Crippen LogP contribution < -0.4 is 10.7 Å².